The number of aromatic nitrogens is 3. The SMILES string of the molecule is CC(C)(C)c1cnc(/C=C/c2cnc(NC(=O)Nc3ccc(N4CCOCC4)nc3)s2)o1. The Bertz CT molecular complexity index is 1080. The number of thiazole rings is 1. The summed E-state index contributed by atoms with van der Waals surface area (Å²) < 4.78 is 11.1. The maximum absolute atomic E-state index is 12.3. The van der Waals surface area contributed by atoms with Crippen LogP contribution in [0.1, 0.15) is 37.3 Å². The molecule has 4 heterocycles. The van der Waals surface area contributed by atoms with Gasteiger partial charge in [0.2, 0.25) is 5.89 Å². The maximum Gasteiger partial charge on any atom is 0.325 e. The van der Waals surface area contributed by atoms with Crippen LogP contribution >= 0.6 is 11.3 Å². The Balaban J connectivity index is 1.30. The Kier molecular flexibility index (Phi) is 6.52. The molecule has 3 aromatic rings. The molecule has 0 saturated carbocycles. The van der Waals surface area contributed by atoms with Crippen LogP contribution in [0.5, 0.6) is 0 Å². The van der Waals surface area contributed by atoms with Crippen molar-refractivity contribution in [2.24, 2.45) is 0 Å². The quantitative estimate of drug-likeness (QED) is 0.586. The second-order valence-electron chi connectivity index (χ2n) is 8.30. The van der Waals surface area contributed by atoms with Crippen molar-refractivity contribution in [3.8, 4) is 0 Å². The van der Waals surface area contributed by atoms with Gasteiger partial charge >= 0.3 is 6.03 Å². The Morgan fingerprint density at radius 3 is 2.56 bits per heavy atom. The number of oxazole rings is 1. The van der Waals surface area contributed by atoms with Gasteiger partial charge in [-0.25, -0.2) is 19.7 Å². The number of carbonyl (C=O) groups excluding carboxylic acids is 1. The highest BCUT2D eigenvalue weighted by Gasteiger charge is 2.18. The van der Waals surface area contributed by atoms with Crippen molar-refractivity contribution in [2.45, 2.75) is 26.2 Å². The van der Waals surface area contributed by atoms with E-state index in [0.717, 1.165) is 29.5 Å². The van der Waals surface area contributed by atoms with Crippen molar-refractivity contribution in [1.82, 2.24) is 15.0 Å². The number of nitrogens with zero attached hydrogens (tertiary/aromatic N) is 4. The van der Waals surface area contributed by atoms with Gasteiger partial charge in [0.25, 0.3) is 0 Å². The first kappa shape index (κ1) is 22.0. The number of amides is 2. The first-order valence-corrected chi connectivity index (χ1v) is 11.2. The van der Waals surface area contributed by atoms with E-state index in [4.69, 9.17) is 9.15 Å². The van der Waals surface area contributed by atoms with E-state index in [1.54, 1.807) is 24.7 Å². The van der Waals surface area contributed by atoms with Crippen LogP contribution in [0.15, 0.2) is 35.1 Å². The molecule has 0 radical (unpaired) electrons. The van der Waals surface area contributed by atoms with Gasteiger partial charge in [-0.05, 0) is 18.2 Å². The van der Waals surface area contributed by atoms with E-state index in [9.17, 15) is 4.79 Å². The van der Waals surface area contributed by atoms with Gasteiger partial charge in [-0.2, -0.15) is 0 Å². The molecule has 3 aromatic heterocycles. The number of hydrogen-bond donors (Lipinski definition) is 2. The van der Waals surface area contributed by atoms with Gasteiger partial charge in [0.05, 0.1) is 31.3 Å². The van der Waals surface area contributed by atoms with Gasteiger partial charge < -0.3 is 19.4 Å². The fourth-order valence-corrected chi connectivity index (χ4v) is 3.70. The van der Waals surface area contributed by atoms with Gasteiger partial charge in [-0.3, -0.25) is 5.32 Å². The molecule has 9 nitrogen and oxygen atoms in total. The number of anilines is 3. The first-order valence-electron chi connectivity index (χ1n) is 10.3. The van der Waals surface area contributed by atoms with Crippen molar-refractivity contribution in [2.75, 3.05) is 41.8 Å². The molecule has 2 N–H and O–H groups in total. The van der Waals surface area contributed by atoms with Crippen molar-refractivity contribution in [3.05, 3.63) is 47.3 Å². The van der Waals surface area contributed by atoms with Gasteiger partial charge in [0.1, 0.15) is 11.6 Å². The van der Waals surface area contributed by atoms with E-state index >= 15 is 0 Å². The molecule has 1 aliphatic heterocycles. The number of carbonyl (C=O) groups is 1. The van der Waals surface area contributed by atoms with Crippen molar-refractivity contribution in [1.29, 1.82) is 0 Å². The average molecular weight is 455 g/mol. The summed E-state index contributed by atoms with van der Waals surface area (Å²) in [5.41, 5.74) is 0.515. The largest absolute Gasteiger partial charge is 0.441 e. The molecule has 32 heavy (non-hydrogen) atoms. The first-order chi connectivity index (χ1) is 15.4. The predicted octanol–water partition coefficient (Wildman–Crippen LogP) is 4.47. The number of morpholine rings is 1. The topological polar surface area (TPSA) is 105 Å². The van der Waals surface area contributed by atoms with Gasteiger partial charge in [0, 0.05) is 35.7 Å². The fourth-order valence-electron chi connectivity index (χ4n) is 2.99. The minimum absolute atomic E-state index is 0.0909. The summed E-state index contributed by atoms with van der Waals surface area (Å²) >= 11 is 1.35. The molecule has 0 aromatic carbocycles. The summed E-state index contributed by atoms with van der Waals surface area (Å²) in [5, 5.41) is 6.00. The fraction of sp³-hybridized carbons (Fsp3) is 0.364. The standard InChI is InChI=1S/C22H26N6O3S/c1-22(2,3)17-14-24-19(31-17)7-5-16-13-25-21(32-16)27-20(29)26-15-4-6-18(23-12-15)28-8-10-30-11-9-28/h4-7,12-14H,8-11H2,1-3H3,(H2,25,26,27,29)/b7-5+. The molecule has 4 rings (SSSR count). The van der Waals surface area contributed by atoms with E-state index in [-0.39, 0.29) is 11.4 Å². The number of nitrogens with one attached hydrogen (secondary N) is 2. The van der Waals surface area contributed by atoms with Crippen LogP contribution in [0.4, 0.5) is 21.4 Å². The highest BCUT2D eigenvalue weighted by atomic mass is 32.1. The van der Waals surface area contributed by atoms with Gasteiger partial charge in [0.15, 0.2) is 5.13 Å². The third-order valence-electron chi connectivity index (χ3n) is 4.74. The van der Waals surface area contributed by atoms with Crippen LogP contribution in [-0.4, -0.2) is 47.3 Å². The van der Waals surface area contributed by atoms with Crippen molar-refractivity contribution in [3.63, 3.8) is 0 Å². The molecule has 2 amide bonds. The predicted molar refractivity (Wildman–Crippen MR) is 126 cm³/mol. The molecule has 10 heteroatoms. The molecular weight excluding hydrogens is 428 g/mol. The summed E-state index contributed by atoms with van der Waals surface area (Å²) in [7, 11) is 0. The minimum Gasteiger partial charge on any atom is -0.441 e. The molecule has 0 aliphatic carbocycles. The molecule has 0 unspecified atom stereocenters. The second-order valence-corrected chi connectivity index (χ2v) is 9.36. The Labute approximate surface area is 190 Å². The zero-order chi connectivity index (χ0) is 22.6. The van der Waals surface area contributed by atoms with Crippen molar-refractivity contribution < 1.29 is 13.9 Å². The molecule has 1 saturated heterocycles. The van der Waals surface area contributed by atoms with E-state index in [1.807, 2.05) is 18.2 Å². The summed E-state index contributed by atoms with van der Waals surface area (Å²) in [6, 6.07) is 3.34. The smallest absolute Gasteiger partial charge is 0.325 e. The number of pyridine rings is 1. The summed E-state index contributed by atoms with van der Waals surface area (Å²) in [4.78, 5) is 28.3. The minimum atomic E-state index is -0.377. The summed E-state index contributed by atoms with van der Waals surface area (Å²) in [6.07, 6.45) is 8.71. The molecular formula is C22H26N6O3S. The van der Waals surface area contributed by atoms with Crippen LogP contribution in [0.25, 0.3) is 12.2 Å². The van der Waals surface area contributed by atoms with E-state index in [0.29, 0.717) is 29.9 Å². The zero-order valence-corrected chi connectivity index (χ0v) is 19.1. The molecule has 168 valence electrons. The third kappa shape index (κ3) is 5.71. The van der Waals surface area contributed by atoms with Crippen LogP contribution in [0.3, 0.4) is 0 Å². The van der Waals surface area contributed by atoms with Crippen LogP contribution < -0.4 is 15.5 Å². The third-order valence-corrected chi connectivity index (χ3v) is 5.62. The van der Waals surface area contributed by atoms with Crippen LogP contribution in [-0.2, 0) is 10.2 Å². The molecule has 0 spiro atoms. The lowest BCUT2D eigenvalue weighted by atomic mass is 9.94. The monoisotopic (exact) mass is 454 g/mol. The number of ether oxygens (including phenoxy) is 1. The van der Waals surface area contributed by atoms with Crippen LogP contribution in [0.2, 0.25) is 0 Å². The van der Waals surface area contributed by atoms with E-state index in [2.05, 4.69) is 51.3 Å². The van der Waals surface area contributed by atoms with E-state index in [1.165, 1.54) is 11.3 Å². The zero-order valence-electron chi connectivity index (χ0n) is 18.3. The Morgan fingerprint density at radius 2 is 1.88 bits per heavy atom. The lowest BCUT2D eigenvalue weighted by Crippen LogP contribution is -2.36. The molecule has 1 fully saturated rings. The van der Waals surface area contributed by atoms with Crippen molar-refractivity contribution >= 4 is 46.2 Å². The highest BCUT2D eigenvalue weighted by molar-refractivity contribution is 7.16. The van der Waals surface area contributed by atoms with E-state index < -0.39 is 0 Å². The molecule has 1 aliphatic rings. The number of hydrogen-bond acceptors (Lipinski definition) is 8. The Hall–Kier alpha value is -3.24. The molecule has 0 atom stereocenters. The van der Waals surface area contributed by atoms with Gasteiger partial charge in [-0.15, -0.1) is 0 Å². The molecule has 0 bridgehead atoms. The summed E-state index contributed by atoms with van der Waals surface area (Å²) in [6.45, 7) is 9.24. The lowest BCUT2D eigenvalue weighted by molar-refractivity contribution is 0.122. The normalized spacial score (nSPS) is 14.7. The van der Waals surface area contributed by atoms with Gasteiger partial charge in [-0.1, -0.05) is 32.1 Å². The number of urea groups is 1. The lowest BCUT2D eigenvalue weighted by Gasteiger charge is -2.27. The van der Waals surface area contributed by atoms with Crippen LogP contribution in [0, 0.1) is 0 Å². The maximum atomic E-state index is 12.3. The summed E-state index contributed by atoms with van der Waals surface area (Å²) in [5.74, 6) is 2.23. The second kappa shape index (κ2) is 9.49. The number of rotatable bonds is 5. The average Bonchev–Trinajstić information content (AvgIpc) is 3.43. The highest BCUT2D eigenvalue weighted by Crippen LogP contribution is 2.25. The Morgan fingerprint density at radius 1 is 1.06 bits per heavy atom.